The Labute approximate surface area is 108 Å². The average molecular weight is 248 g/mol. The highest BCUT2D eigenvalue weighted by Gasteiger charge is 2.09. The van der Waals surface area contributed by atoms with Crippen molar-refractivity contribution in [1.82, 2.24) is 0 Å². The molecule has 0 aliphatic heterocycles. The van der Waals surface area contributed by atoms with Gasteiger partial charge in [0.15, 0.2) is 0 Å². The maximum atomic E-state index is 10.6. The second-order valence-corrected chi connectivity index (χ2v) is 4.38. The molecule has 1 unspecified atom stereocenters. The van der Waals surface area contributed by atoms with E-state index in [0.29, 0.717) is 0 Å². The molecule has 0 radical (unpaired) electrons. The standard InChI is InChI=1S/C15H20O3/c1-4-6-12(3)18-15-11(2)7-5-8-13(15)9-10-14(16)17/h5,7-10,12H,4,6H2,1-3H3,(H,16,17)/b10-9+. The summed E-state index contributed by atoms with van der Waals surface area (Å²) in [6.07, 6.45) is 4.88. The highest BCUT2D eigenvalue weighted by atomic mass is 16.5. The Morgan fingerprint density at radius 3 is 2.83 bits per heavy atom. The fourth-order valence-corrected chi connectivity index (χ4v) is 1.80. The van der Waals surface area contributed by atoms with Crippen LogP contribution in [0.2, 0.25) is 0 Å². The van der Waals surface area contributed by atoms with Crippen LogP contribution in [0.1, 0.15) is 37.8 Å². The molecule has 1 aromatic carbocycles. The molecule has 1 rings (SSSR count). The normalized spacial score (nSPS) is 12.6. The number of para-hydroxylation sites is 1. The Morgan fingerprint density at radius 2 is 2.22 bits per heavy atom. The molecule has 0 bridgehead atoms. The summed E-state index contributed by atoms with van der Waals surface area (Å²) in [7, 11) is 0. The van der Waals surface area contributed by atoms with Crippen molar-refractivity contribution >= 4 is 12.0 Å². The predicted molar refractivity (Wildman–Crippen MR) is 72.8 cm³/mol. The lowest BCUT2D eigenvalue weighted by atomic mass is 10.1. The predicted octanol–water partition coefficient (Wildman–Crippen LogP) is 3.66. The lowest BCUT2D eigenvalue weighted by Gasteiger charge is -2.17. The molecule has 0 amide bonds. The number of rotatable bonds is 6. The van der Waals surface area contributed by atoms with E-state index in [0.717, 1.165) is 35.8 Å². The largest absolute Gasteiger partial charge is 0.490 e. The van der Waals surface area contributed by atoms with Gasteiger partial charge < -0.3 is 9.84 Å². The Bertz CT molecular complexity index is 435. The molecule has 0 heterocycles. The zero-order chi connectivity index (χ0) is 13.5. The fraction of sp³-hybridized carbons (Fsp3) is 0.400. The van der Waals surface area contributed by atoms with E-state index in [1.54, 1.807) is 6.08 Å². The van der Waals surface area contributed by atoms with Gasteiger partial charge in [0.25, 0.3) is 0 Å². The quantitative estimate of drug-likeness (QED) is 0.781. The Kier molecular flexibility index (Phi) is 5.43. The van der Waals surface area contributed by atoms with E-state index in [4.69, 9.17) is 9.84 Å². The Balaban J connectivity index is 2.97. The third-order valence-electron chi connectivity index (χ3n) is 2.66. The summed E-state index contributed by atoms with van der Waals surface area (Å²) in [5.41, 5.74) is 1.82. The molecule has 0 aliphatic rings. The van der Waals surface area contributed by atoms with Gasteiger partial charge in [-0.2, -0.15) is 0 Å². The van der Waals surface area contributed by atoms with Crippen molar-refractivity contribution in [3.63, 3.8) is 0 Å². The van der Waals surface area contributed by atoms with Crippen molar-refractivity contribution in [3.05, 3.63) is 35.4 Å². The number of carbonyl (C=O) groups is 1. The van der Waals surface area contributed by atoms with E-state index in [2.05, 4.69) is 6.92 Å². The molecule has 0 saturated heterocycles. The number of aliphatic carboxylic acids is 1. The van der Waals surface area contributed by atoms with Gasteiger partial charge in [-0.1, -0.05) is 31.5 Å². The first kappa shape index (κ1) is 14.3. The summed E-state index contributed by atoms with van der Waals surface area (Å²) < 4.78 is 5.90. The number of ether oxygens (including phenoxy) is 1. The fourth-order valence-electron chi connectivity index (χ4n) is 1.80. The van der Waals surface area contributed by atoms with Gasteiger partial charge in [-0.25, -0.2) is 4.79 Å². The summed E-state index contributed by atoms with van der Waals surface area (Å²) in [5, 5.41) is 8.67. The molecular formula is C15H20O3. The van der Waals surface area contributed by atoms with Crippen molar-refractivity contribution in [2.75, 3.05) is 0 Å². The summed E-state index contributed by atoms with van der Waals surface area (Å²) in [5.74, 6) is -0.181. The van der Waals surface area contributed by atoms with Crippen LogP contribution in [0.15, 0.2) is 24.3 Å². The molecule has 0 aromatic heterocycles. The SMILES string of the molecule is CCCC(C)Oc1c(C)cccc1/C=C/C(=O)O. The number of benzene rings is 1. The second-order valence-electron chi connectivity index (χ2n) is 4.38. The van der Waals surface area contributed by atoms with Crippen LogP contribution in [0.3, 0.4) is 0 Å². The maximum Gasteiger partial charge on any atom is 0.328 e. The lowest BCUT2D eigenvalue weighted by Crippen LogP contribution is -2.12. The minimum atomic E-state index is -0.955. The van der Waals surface area contributed by atoms with Crippen molar-refractivity contribution in [2.45, 2.75) is 39.7 Å². The zero-order valence-electron chi connectivity index (χ0n) is 11.1. The third kappa shape index (κ3) is 4.24. The molecule has 18 heavy (non-hydrogen) atoms. The van der Waals surface area contributed by atoms with Crippen molar-refractivity contribution < 1.29 is 14.6 Å². The molecule has 0 spiro atoms. The number of carboxylic acid groups (broad SMARTS) is 1. The summed E-state index contributed by atoms with van der Waals surface area (Å²) in [4.78, 5) is 10.6. The lowest BCUT2D eigenvalue weighted by molar-refractivity contribution is -0.131. The van der Waals surface area contributed by atoms with Crippen LogP contribution in [0.5, 0.6) is 5.75 Å². The van der Waals surface area contributed by atoms with Crippen LogP contribution in [0, 0.1) is 6.92 Å². The van der Waals surface area contributed by atoms with Gasteiger partial charge in [-0.05, 0) is 31.9 Å². The van der Waals surface area contributed by atoms with Gasteiger partial charge in [0.05, 0.1) is 6.10 Å². The average Bonchev–Trinajstić information content (AvgIpc) is 2.30. The summed E-state index contributed by atoms with van der Waals surface area (Å²) in [6.45, 7) is 6.11. The maximum absolute atomic E-state index is 10.6. The summed E-state index contributed by atoms with van der Waals surface area (Å²) in [6, 6.07) is 5.72. The van der Waals surface area contributed by atoms with Gasteiger partial charge in [0.2, 0.25) is 0 Å². The molecule has 1 atom stereocenters. The van der Waals surface area contributed by atoms with Crippen LogP contribution >= 0.6 is 0 Å². The number of hydrogen-bond acceptors (Lipinski definition) is 2. The van der Waals surface area contributed by atoms with Gasteiger partial charge in [-0.15, -0.1) is 0 Å². The molecule has 0 fully saturated rings. The first-order valence-electron chi connectivity index (χ1n) is 6.21. The molecule has 3 heteroatoms. The number of carboxylic acids is 1. The first-order chi connectivity index (χ1) is 8.54. The van der Waals surface area contributed by atoms with Crippen LogP contribution in [0.25, 0.3) is 6.08 Å². The van der Waals surface area contributed by atoms with Gasteiger partial charge in [0.1, 0.15) is 5.75 Å². The van der Waals surface area contributed by atoms with Crippen LogP contribution in [0.4, 0.5) is 0 Å². The minimum Gasteiger partial charge on any atom is -0.490 e. The van der Waals surface area contributed by atoms with Crippen LogP contribution in [-0.4, -0.2) is 17.2 Å². The van der Waals surface area contributed by atoms with Crippen LogP contribution in [-0.2, 0) is 4.79 Å². The van der Waals surface area contributed by atoms with Gasteiger partial charge in [0, 0.05) is 11.6 Å². The third-order valence-corrected chi connectivity index (χ3v) is 2.66. The van der Waals surface area contributed by atoms with E-state index < -0.39 is 5.97 Å². The monoisotopic (exact) mass is 248 g/mol. The molecule has 3 nitrogen and oxygen atoms in total. The highest BCUT2D eigenvalue weighted by Crippen LogP contribution is 2.26. The summed E-state index contributed by atoms with van der Waals surface area (Å²) >= 11 is 0. The molecule has 1 aromatic rings. The zero-order valence-corrected chi connectivity index (χ0v) is 11.1. The Hall–Kier alpha value is -1.77. The molecular weight excluding hydrogens is 228 g/mol. The molecule has 98 valence electrons. The second kappa shape index (κ2) is 6.84. The van der Waals surface area contributed by atoms with Crippen LogP contribution < -0.4 is 4.74 Å². The smallest absolute Gasteiger partial charge is 0.328 e. The molecule has 0 saturated carbocycles. The van der Waals surface area contributed by atoms with E-state index in [9.17, 15) is 4.79 Å². The van der Waals surface area contributed by atoms with Crippen molar-refractivity contribution in [2.24, 2.45) is 0 Å². The van der Waals surface area contributed by atoms with E-state index in [-0.39, 0.29) is 6.10 Å². The van der Waals surface area contributed by atoms with E-state index in [1.165, 1.54) is 0 Å². The van der Waals surface area contributed by atoms with Crippen molar-refractivity contribution in [3.8, 4) is 5.75 Å². The van der Waals surface area contributed by atoms with Gasteiger partial charge in [-0.3, -0.25) is 0 Å². The van der Waals surface area contributed by atoms with Gasteiger partial charge >= 0.3 is 5.97 Å². The Morgan fingerprint density at radius 1 is 1.50 bits per heavy atom. The van der Waals surface area contributed by atoms with E-state index in [1.807, 2.05) is 32.0 Å². The molecule has 0 aliphatic carbocycles. The van der Waals surface area contributed by atoms with Crippen molar-refractivity contribution in [1.29, 1.82) is 0 Å². The number of aryl methyl sites for hydroxylation is 1. The topological polar surface area (TPSA) is 46.5 Å². The number of hydrogen-bond donors (Lipinski definition) is 1. The first-order valence-corrected chi connectivity index (χ1v) is 6.21. The minimum absolute atomic E-state index is 0.132. The highest BCUT2D eigenvalue weighted by molar-refractivity contribution is 5.86. The van der Waals surface area contributed by atoms with E-state index >= 15 is 0 Å². The molecule has 1 N–H and O–H groups in total.